The maximum absolute atomic E-state index is 5.62. The van der Waals surface area contributed by atoms with Crippen molar-refractivity contribution in [1.82, 2.24) is 14.5 Å². The number of hydrogen-bond donors (Lipinski definition) is 0. The van der Waals surface area contributed by atoms with Gasteiger partial charge in [0.25, 0.3) is 0 Å². The Morgan fingerprint density at radius 3 is 1.67 bits per heavy atom. The zero-order chi connectivity index (χ0) is 35.6. The standard InChI is InChI=1S/C50H32N4/c1-5-15-33(16-6-1)34-25-27-42-46(31-34)54(37-21-11-4-12-22-37)45-30-29-44-50(47(42)45)52-49-41-28-26-38(32-43(41)39-23-13-14-24-40(39)48(49)51-44)53(35-17-7-2-8-18-35)36-19-9-3-10-20-36/h1-32H. The second-order valence-electron chi connectivity index (χ2n) is 13.8. The number of aromatic nitrogens is 3. The molecule has 2 aromatic heterocycles. The Kier molecular flexibility index (Phi) is 6.82. The molecule has 4 heteroatoms. The van der Waals surface area contributed by atoms with Gasteiger partial charge in [-0.25, -0.2) is 9.97 Å². The van der Waals surface area contributed by atoms with Crippen molar-refractivity contribution in [2.24, 2.45) is 0 Å². The van der Waals surface area contributed by atoms with Gasteiger partial charge in [0.1, 0.15) is 0 Å². The van der Waals surface area contributed by atoms with E-state index in [1.54, 1.807) is 0 Å². The molecule has 252 valence electrons. The molecule has 54 heavy (non-hydrogen) atoms. The van der Waals surface area contributed by atoms with E-state index in [2.05, 4.69) is 204 Å². The molecule has 0 saturated carbocycles. The zero-order valence-corrected chi connectivity index (χ0v) is 29.3. The van der Waals surface area contributed by atoms with Crippen molar-refractivity contribution in [1.29, 1.82) is 0 Å². The minimum absolute atomic E-state index is 0.884. The lowest BCUT2D eigenvalue weighted by Crippen LogP contribution is -2.09. The van der Waals surface area contributed by atoms with Gasteiger partial charge >= 0.3 is 0 Å². The molecule has 9 aromatic carbocycles. The van der Waals surface area contributed by atoms with Crippen molar-refractivity contribution >= 4 is 82.5 Å². The first kappa shape index (κ1) is 30.3. The summed E-state index contributed by atoms with van der Waals surface area (Å²) in [6.07, 6.45) is 0. The topological polar surface area (TPSA) is 34.0 Å². The van der Waals surface area contributed by atoms with E-state index in [1.165, 1.54) is 11.1 Å². The predicted molar refractivity (Wildman–Crippen MR) is 227 cm³/mol. The molecule has 11 aromatic rings. The molecular weight excluding hydrogens is 657 g/mol. The summed E-state index contributed by atoms with van der Waals surface area (Å²) in [6, 6.07) is 68.9. The van der Waals surface area contributed by atoms with Crippen LogP contribution in [0.3, 0.4) is 0 Å². The number of anilines is 3. The summed E-state index contributed by atoms with van der Waals surface area (Å²) in [4.78, 5) is 13.4. The molecule has 0 spiro atoms. The number of nitrogens with zero attached hydrogens (tertiary/aromatic N) is 4. The summed E-state index contributed by atoms with van der Waals surface area (Å²) < 4.78 is 2.37. The molecule has 0 aliphatic heterocycles. The Bertz CT molecular complexity index is 3150. The summed E-state index contributed by atoms with van der Waals surface area (Å²) in [6.45, 7) is 0. The highest BCUT2D eigenvalue weighted by Crippen LogP contribution is 2.42. The molecule has 0 amide bonds. The first-order valence-corrected chi connectivity index (χ1v) is 18.3. The Hall–Kier alpha value is -7.30. The molecular formula is C50H32N4. The largest absolute Gasteiger partial charge is 0.310 e. The first-order valence-electron chi connectivity index (χ1n) is 18.3. The highest BCUT2D eigenvalue weighted by Gasteiger charge is 2.20. The third-order valence-corrected chi connectivity index (χ3v) is 10.7. The van der Waals surface area contributed by atoms with Crippen LogP contribution < -0.4 is 4.90 Å². The quantitative estimate of drug-likeness (QED) is 0.133. The molecule has 4 nitrogen and oxygen atoms in total. The normalized spacial score (nSPS) is 11.7. The van der Waals surface area contributed by atoms with Crippen molar-refractivity contribution in [2.75, 3.05) is 4.90 Å². The second-order valence-corrected chi connectivity index (χ2v) is 13.8. The number of hydrogen-bond acceptors (Lipinski definition) is 3. The molecule has 0 unspecified atom stereocenters. The molecule has 0 aliphatic rings. The van der Waals surface area contributed by atoms with Crippen molar-refractivity contribution < 1.29 is 0 Å². The van der Waals surface area contributed by atoms with Crippen LogP contribution in [-0.4, -0.2) is 14.5 Å². The van der Waals surface area contributed by atoms with Crippen LogP contribution in [0, 0.1) is 0 Å². The summed E-state index contributed by atoms with van der Waals surface area (Å²) in [7, 11) is 0. The lowest BCUT2D eigenvalue weighted by Gasteiger charge is -2.26. The Morgan fingerprint density at radius 2 is 0.944 bits per heavy atom. The van der Waals surface area contributed by atoms with E-state index in [0.717, 1.165) is 88.2 Å². The van der Waals surface area contributed by atoms with Crippen molar-refractivity contribution in [2.45, 2.75) is 0 Å². The van der Waals surface area contributed by atoms with Crippen LogP contribution >= 0.6 is 0 Å². The summed E-state index contributed by atoms with van der Waals surface area (Å²) in [5.74, 6) is 0. The third-order valence-electron chi connectivity index (χ3n) is 10.7. The molecule has 2 heterocycles. The Balaban J connectivity index is 1.22. The van der Waals surface area contributed by atoms with E-state index in [-0.39, 0.29) is 0 Å². The number of rotatable bonds is 5. The van der Waals surface area contributed by atoms with Gasteiger partial charge in [-0.3, -0.25) is 0 Å². The molecule has 0 saturated heterocycles. The van der Waals surface area contributed by atoms with E-state index in [9.17, 15) is 0 Å². The second kappa shape index (κ2) is 12.1. The predicted octanol–water partition coefficient (Wildman–Crippen LogP) is 13.3. The van der Waals surface area contributed by atoms with Gasteiger partial charge in [-0.15, -0.1) is 0 Å². The smallest absolute Gasteiger partial charge is 0.0995 e. The van der Waals surface area contributed by atoms with Gasteiger partial charge in [0.05, 0.1) is 33.1 Å². The first-order chi connectivity index (χ1) is 26.8. The fourth-order valence-corrected chi connectivity index (χ4v) is 8.29. The summed E-state index contributed by atoms with van der Waals surface area (Å²) in [5, 5.41) is 6.74. The van der Waals surface area contributed by atoms with E-state index in [4.69, 9.17) is 9.97 Å². The van der Waals surface area contributed by atoms with E-state index >= 15 is 0 Å². The SMILES string of the molecule is c1ccc(-c2ccc3c4c5nc6c7ccc(N(c8ccccc8)c8ccccc8)cc7c7ccccc7c6nc5ccc4n(-c4ccccc4)c3c2)cc1. The maximum Gasteiger partial charge on any atom is 0.0995 e. The van der Waals surface area contributed by atoms with Crippen LogP contribution in [0.15, 0.2) is 194 Å². The molecule has 0 aliphatic carbocycles. The van der Waals surface area contributed by atoms with E-state index < -0.39 is 0 Å². The maximum atomic E-state index is 5.62. The van der Waals surface area contributed by atoms with Gasteiger partial charge in [0.2, 0.25) is 0 Å². The molecule has 11 rings (SSSR count). The Labute approximate surface area is 311 Å². The fourth-order valence-electron chi connectivity index (χ4n) is 8.29. The monoisotopic (exact) mass is 688 g/mol. The van der Waals surface area contributed by atoms with Crippen LogP contribution in [0.1, 0.15) is 0 Å². The van der Waals surface area contributed by atoms with Gasteiger partial charge in [0, 0.05) is 44.3 Å². The summed E-state index contributed by atoms with van der Waals surface area (Å²) >= 11 is 0. The zero-order valence-electron chi connectivity index (χ0n) is 29.3. The highest BCUT2D eigenvalue weighted by molar-refractivity contribution is 6.27. The molecule has 0 bridgehead atoms. The number of benzene rings is 9. The van der Waals surface area contributed by atoms with Crippen molar-refractivity contribution in [3.63, 3.8) is 0 Å². The number of para-hydroxylation sites is 3. The minimum atomic E-state index is 0.884. The van der Waals surface area contributed by atoms with Crippen molar-refractivity contribution in [3.8, 4) is 16.8 Å². The fraction of sp³-hybridized carbons (Fsp3) is 0. The Morgan fingerprint density at radius 1 is 0.352 bits per heavy atom. The van der Waals surface area contributed by atoms with Crippen LogP contribution in [0.2, 0.25) is 0 Å². The average molecular weight is 689 g/mol. The lowest BCUT2D eigenvalue weighted by atomic mass is 9.98. The van der Waals surface area contributed by atoms with Gasteiger partial charge in [-0.2, -0.15) is 0 Å². The molecule has 0 fully saturated rings. The third kappa shape index (κ3) is 4.70. The molecule has 0 N–H and O–H groups in total. The lowest BCUT2D eigenvalue weighted by molar-refractivity contribution is 1.18. The summed E-state index contributed by atoms with van der Waals surface area (Å²) in [5.41, 5.74) is 12.6. The van der Waals surface area contributed by atoms with Crippen molar-refractivity contribution in [3.05, 3.63) is 194 Å². The minimum Gasteiger partial charge on any atom is -0.310 e. The van der Waals surface area contributed by atoms with Crippen LogP contribution in [0.25, 0.3) is 82.2 Å². The van der Waals surface area contributed by atoms with E-state index in [0.29, 0.717) is 0 Å². The van der Waals surface area contributed by atoms with Crippen LogP contribution in [0.4, 0.5) is 17.1 Å². The molecule has 0 atom stereocenters. The van der Waals surface area contributed by atoms with Crippen LogP contribution in [-0.2, 0) is 0 Å². The van der Waals surface area contributed by atoms with Gasteiger partial charge in [-0.05, 0) is 88.6 Å². The average Bonchev–Trinajstić information content (AvgIpc) is 3.59. The van der Waals surface area contributed by atoms with Gasteiger partial charge in [0.15, 0.2) is 0 Å². The van der Waals surface area contributed by atoms with Crippen LogP contribution in [0.5, 0.6) is 0 Å². The number of fused-ring (bicyclic) bond motifs is 11. The van der Waals surface area contributed by atoms with Gasteiger partial charge in [-0.1, -0.05) is 127 Å². The molecule has 0 radical (unpaired) electrons. The van der Waals surface area contributed by atoms with E-state index in [1.807, 2.05) is 0 Å². The highest BCUT2D eigenvalue weighted by atomic mass is 15.1. The van der Waals surface area contributed by atoms with Gasteiger partial charge < -0.3 is 9.47 Å².